The Morgan fingerprint density at radius 3 is 1.19 bits per heavy atom. The van der Waals surface area contributed by atoms with Gasteiger partial charge in [-0.25, -0.2) is 0 Å². The van der Waals surface area contributed by atoms with Crippen molar-refractivity contribution in [3.8, 4) is 0 Å². The second-order valence-corrected chi connectivity index (χ2v) is 7.31. The van der Waals surface area contributed by atoms with Crippen LogP contribution in [0.1, 0.15) is 104 Å². The summed E-state index contributed by atoms with van der Waals surface area (Å²) < 4.78 is 0. The first-order chi connectivity index (χ1) is 10.3. The molecular formula is C18H36Cl2P. The monoisotopic (exact) mass is 353 g/mol. The highest BCUT2D eigenvalue weighted by molar-refractivity contribution is 7.90. The molecule has 0 N–H and O–H groups in total. The SMILES string of the molecule is CCCCCCCCC=CCCCCCCCC.Cl[P]Cl. The van der Waals surface area contributed by atoms with Crippen LogP contribution in [0, 0.1) is 0 Å². The van der Waals surface area contributed by atoms with Crippen molar-refractivity contribution < 1.29 is 0 Å². The Hall–Kier alpha value is 0.750. The van der Waals surface area contributed by atoms with Gasteiger partial charge in [-0.1, -0.05) is 113 Å². The minimum Gasteiger partial charge on any atom is -0.0885 e. The van der Waals surface area contributed by atoms with E-state index in [9.17, 15) is 0 Å². The summed E-state index contributed by atoms with van der Waals surface area (Å²) in [5.74, 6) is 0. The van der Waals surface area contributed by atoms with Crippen molar-refractivity contribution in [3.05, 3.63) is 12.2 Å². The van der Waals surface area contributed by atoms with Crippen LogP contribution >= 0.6 is 29.8 Å². The fourth-order valence-corrected chi connectivity index (χ4v) is 2.32. The van der Waals surface area contributed by atoms with Crippen LogP contribution in [0.25, 0.3) is 0 Å². The lowest BCUT2D eigenvalue weighted by atomic mass is 10.1. The number of allylic oxidation sites excluding steroid dienone is 2. The van der Waals surface area contributed by atoms with Gasteiger partial charge >= 0.3 is 0 Å². The first-order valence-corrected chi connectivity index (χ1v) is 11.6. The van der Waals surface area contributed by atoms with E-state index in [1.54, 1.807) is 0 Å². The molecule has 0 fully saturated rings. The van der Waals surface area contributed by atoms with Crippen LogP contribution in [0.2, 0.25) is 0 Å². The molecule has 1 radical (unpaired) electrons. The number of hydrogen-bond donors (Lipinski definition) is 0. The topological polar surface area (TPSA) is 0 Å². The van der Waals surface area contributed by atoms with Gasteiger partial charge in [0, 0.05) is 0 Å². The highest BCUT2D eigenvalue weighted by Gasteiger charge is 1.89. The van der Waals surface area contributed by atoms with Crippen LogP contribution in [-0.2, 0) is 0 Å². The molecule has 0 rings (SSSR count). The second kappa shape index (κ2) is 25.7. The molecule has 0 aliphatic carbocycles. The van der Waals surface area contributed by atoms with Gasteiger partial charge in [-0.05, 0) is 25.7 Å². The lowest BCUT2D eigenvalue weighted by Gasteiger charge is -1.98. The van der Waals surface area contributed by atoms with E-state index in [4.69, 9.17) is 22.5 Å². The fourth-order valence-electron chi connectivity index (χ4n) is 2.32. The summed E-state index contributed by atoms with van der Waals surface area (Å²) in [4.78, 5) is 0. The van der Waals surface area contributed by atoms with E-state index in [1.807, 2.05) is 0 Å². The van der Waals surface area contributed by atoms with E-state index in [-0.39, 0.29) is 0 Å². The summed E-state index contributed by atoms with van der Waals surface area (Å²) in [5, 5.41) is 0. The lowest BCUT2D eigenvalue weighted by molar-refractivity contribution is 0.606. The average molecular weight is 354 g/mol. The number of halogens is 2. The van der Waals surface area contributed by atoms with Crippen molar-refractivity contribution in [2.45, 2.75) is 104 Å². The molecule has 21 heavy (non-hydrogen) atoms. The second-order valence-electron chi connectivity index (χ2n) is 5.65. The molecule has 0 amide bonds. The van der Waals surface area contributed by atoms with Crippen LogP contribution in [-0.4, -0.2) is 0 Å². The Balaban J connectivity index is 0. The standard InChI is InChI=1S/C18H36.Cl2P/c1-3-5-7-9-11-13-15-17-18-16-14-12-10-8-6-4-2;1-3-2/h17-18H,3-16H2,1-2H3;. The van der Waals surface area contributed by atoms with Gasteiger partial charge in [0.2, 0.25) is 0 Å². The first-order valence-electron chi connectivity index (χ1n) is 8.90. The third-order valence-electron chi connectivity index (χ3n) is 3.62. The van der Waals surface area contributed by atoms with Gasteiger partial charge in [0.05, 0.1) is 0 Å². The van der Waals surface area contributed by atoms with Crippen molar-refractivity contribution in [1.82, 2.24) is 0 Å². The molecule has 3 heteroatoms. The zero-order chi connectivity index (χ0) is 16.0. The zero-order valence-corrected chi connectivity index (χ0v) is 16.7. The molecule has 0 spiro atoms. The third kappa shape index (κ3) is 29.4. The Morgan fingerprint density at radius 1 is 0.571 bits per heavy atom. The molecule has 127 valence electrons. The molecule has 0 aliphatic heterocycles. The Labute approximate surface area is 145 Å². The van der Waals surface area contributed by atoms with E-state index >= 15 is 0 Å². The van der Waals surface area contributed by atoms with Gasteiger partial charge in [0.15, 0.2) is 0 Å². The highest BCUT2D eigenvalue weighted by Crippen LogP contribution is 2.19. The molecule has 0 aromatic rings. The molecule has 0 bridgehead atoms. The Bertz CT molecular complexity index is 166. The largest absolute Gasteiger partial charge is 0.141 e. The van der Waals surface area contributed by atoms with E-state index in [2.05, 4.69) is 26.0 Å². The molecular weight excluding hydrogens is 318 g/mol. The van der Waals surface area contributed by atoms with Crippen LogP contribution < -0.4 is 0 Å². The van der Waals surface area contributed by atoms with Crippen LogP contribution in [0.3, 0.4) is 0 Å². The summed E-state index contributed by atoms with van der Waals surface area (Å²) in [6.07, 6.45) is 24.4. The van der Waals surface area contributed by atoms with Gasteiger partial charge in [0.1, 0.15) is 7.29 Å². The number of hydrogen-bond acceptors (Lipinski definition) is 0. The quantitative estimate of drug-likeness (QED) is 0.166. The molecule has 0 atom stereocenters. The van der Waals surface area contributed by atoms with Gasteiger partial charge < -0.3 is 0 Å². The van der Waals surface area contributed by atoms with E-state index in [0.717, 1.165) is 0 Å². The molecule has 0 unspecified atom stereocenters. The molecule has 0 heterocycles. The van der Waals surface area contributed by atoms with E-state index in [1.165, 1.54) is 89.9 Å². The van der Waals surface area contributed by atoms with Crippen LogP contribution in [0.4, 0.5) is 0 Å². The Morgan fingerprint density at radius 2 is 0.857 bits per heavy atom. The van der Waals surface area contributed by atoms with E-state index < -0.39 is 0 Å². The van der Waals surface area contributed by atoms with Crippen LogP contribution in [0.5, 0.6) is 0 Å². The maximum Gasteiger partial charge on any atom is 0.141 e. The van der Waals surface area contributed by atoms with Crippen molar-refractivity contribution in [2.24, 2.45) is 0 Å². The zero-order valence-electron chi connectivity index (χ0n) is 14.3. The van der Waals surface area contributed by atoms with Crippen LogP contribution in [0.15, 0.2) is 12.2 Å². The molecule has 0 saturated carbocycles. The number of unbranched alkanes of at least 4 members (excludes halogenated alkanes) is 12. The number of rotatable bonds is 14. The Kier molecular flexibility index (Phi) is 29.4. The summed E-state index contributed by atoms with van der Waals surface area (Å²) in [6.45, 7) is 4.57. The lowest BCUT2D eigenvalue weighted by Crippen LogP contribution is -1.79. The summed E-state index contributed by atoms with van der Waals surface area (Å²) in [5.41, 5.74) is 0. The minimum absolute atomic E-state index is 0.361. The van der Waals surface area contributed by atoms with Gasteiger partial charge in [-0.15, -0.1) is 0 Å². The molecule has 0 aromatic carbocycles. The van der Waals surface area contributed by atoms with E-state index in [0.29, 0.717) is 7.29 Å². The maximum absolute atomic E-state index is 4.74. The van der Waals surface area contributed by atoms with Gasteiger partial charge in [-0.2, -0.15) is 0 Å². The first kappa shape index (κ1) is 24.0. The maximum atomic E-state index is 4.74. The summed E-state index contributed by atoms with van der Waals surface area (Å²) >= 11 is 9.47. The molecule has 0 aliphatic rings. The molecule has 0 saturated heterocycles. The normalized spacial score (nSPS) is 10.7. The minimum atomic E-state index is 0.361. The van der Waals surface area contributed by atoms with Crippen molar-refractivity contribution in [2.75, 3.05) is 0 Å². The van der Waals surface area contributed by atoms with Gasteiger partial charge in [0.25, 0.3) is 0 Å². The summed E-state index contributed by atoms with van der Waals surface area (Å²) in [6, 6.07) is 0. The highest BCUT2D eigenvalue weighted by atomic mass is 35.9. The summed E-state index contributed by atoms with van der Waals surface area (Å²) in [7, 11) is 0.361. The third-order valence-corrected chi connectivity index (χ3v) is 3.62. The molecule has 0 nitrogen and oxygen atoms in total. The van der Waals surface area contributed by atoms with Gasteiger partial charge in [-0.3, -0.25) is 0 Å². The van der Waals surface area contributed by atoms with Crippen molar-refractivity contribution >= 4 is 29.8 Å². The fraction of sp³-hybridized carbons (Fsp3) is 0.889. The predicted molar refractivity (Wildman–Crippen MR) is 104 cm³/mol. The molecule has 0 aromatic heterocycles. The average Bonchev–Trinajstić information content (AvgIpc) is 2.48. The predicted octanol–water partition coefficient (Wildman–Crippen LogP) is 9.28. The van der Waals surface area contributed by atoms with Crippen molar-refractivity contribution in [1.29, 1.82) is 0 Å². The smallest absolute Gasteiger partial charge is 0.0885 e. The van der Waals surface area contributed by atoms with Crippen molar-refractivity contribution in [3.63, 3.8) is 0 Å².